The van der Waals surface area contributed by atoms with Gasteiger partial charge in [-0.2, -0.15) is 13.2 Å². The molecule has 1 saturated heterocycles. The maximum absolute atomic E-state index is 11.8. The molecule has 1 aliphatic heterocycles. The number of ether oxygens (including phenoxy) is 1. The van der Waals surface area contributed by atoms with Gasteiger partial charge < -0.3 is 10.1 Å². The Bertz CT molecular complexity index is 212. The fourth-order valence-electron chi connectivity index (χ4n) is 1.49. The summed E-state index contributed by atoms with van der Waals surface area (Å²) in [7, 11) is 0. The van der Waals surface area contributed by atoms with Gasteiger partial charge in [0, 0.05) is 19.1 Å². The fourth-order valence-corrected chi connectivity index (χ4v) is 1.49. The van der Waals surface area contributed by atoms with Crippen molar-refractivity contribution in [2.75, 3.05) is 26.3 Å². The highest BCUT2D eigenvalue weighted by Crippen LogP contribution is 2.16. The van der Waals surface area contributed by atoms with Crippen molar-refractivity contribution in [2.24, 2.45) is 5.92 Å². The van der Waals surface area contributed by atoms with Gasteiger partial charge in [-0.25, -0.2) is 0 Å². The average molecular weight is 225 g/mol. The Morgan fingerprint density at radius 3 is 2.47 bits per heavy atom. The van der Waals surface area contributed by atoms with E-state index in [-0.39, 0.29) is 18.2 Å². The van der Waals surface area contributed by atoms with Crippen molar-refractivity contribution in [3.63, 3.8) is 0 Å². The minimum absolute atomic E-state index is 0.139. The second-order valence-corrected chi connectivity index (χ2v) is 3.57. The number of hydrogen-bond acceptors (Lipinski definition) is 3. The first-order valence-electron chi connectivity index (χ1n) is 4.87. The highest BCUT2D eigenvalue weighted by molar-refractivity contribution is 5.83. The van der Waals surface area contributed by atoms with Gasteiger partial charge in [0.25, 0.3) is 0 Å². The lowest BCUT2D eigenvalue weighted by molar-refractivity contribution is -0.130. The van der Waals surface area contributed by atoms with E-state index in [1.165, 1.54) is 0 Å². The molecule has 0 spiro atoms. The summed E-state index contributed by atoms with van der Waals surface area (Å²) in [4.78, 5) is 11.4. The molecule has 0 aromatic carbocycles. The van der Waals surface area contributed by atoms with E-state index in [1.54, 1.807) is 0 Å². The molecule has 0 amide bonds. The fraction of sp³-hybridized carbons (Fsp3) is 0.889. The molecule has 1 aliphatic rings. The average Bonchev–Trinajstić information content (AvgIpc) is 2.17. The Hall–Kier alpha value is -0.620. The molecule has 0 aromatic rings. The molecule has 0 radical (unpaired) electrons. The molecule has 3 nitrogen and oxygen atoms in total. The predicted molar refractivity (Wildman–Crippen MR) is 47.5 cm³/mol. The molecule has 0 aromatic heterocycles. The lowest BCUT2D eigenvalue weighted by Crippen LogP contribution is -2.36. The van der Waals surface area contributed by atoms with Crippen molar-refractivity contribution in [1.82, 2.24) is 5.32 Å². The molecule has 1 rings (SSSR count). The quantitative estimate of drug-likeness (QED) is 0.779. The summed E-state index contributed by atoms with van der Waals surface area (Å²) >= 11 is 0. The second kappa shape index (κ2) is 5.46. The topological polar surface area (TPSA) is 38.3 Å². The van der Waals surface area contributed by atoms with E-state index in [1.807, 2.05) is 0 Å². The Morgan fingerprint density at radius 2 is 1.93 bits per heavy atom. The third-order valence-corrected chi connectivity index (χ3v) is 2.30. The van der Waals surface area contributed by atoms with Crippen LogP contribution in [0, 0.1) is 5.92 Å². The van der Waals surface area contributed by atoms with Gasteiger partial charge in [0.05, 0.1) is 13.1 Å². The molecule has 1 heterocycles. The van der Waals surface area contributed by atoms with Gasteiger partial charge in [0.2, 0.25) is 0 Å². The van der Waals surface area contributed by atoms with Crippen molar-refractivity contribution in [3.05, 3.63) is 0 Å². The zero-order valence-corrected chi connectivity index (χ0v) is 8.27. The molecule has 88 valence electrons. The molecule has 0 atom stereocenters. The van der Waals surface area contributed by atoms with Crippen LogP contribution < -0.4 is 5.32 Å². The van der Waals surface area contributed by atoms with Crippen LogP contribution in [-0.4, -0.2) is 38.3 Å². The monoisotopic (exact) mass is 225 g/mol. The number of nitrogens with one attached hydrogen (secondary N) is 1. The predicted octanol–water partition coefficient (Wildman–Crippen LogP) is 1.13. The standard InChI is InChI=1S/C9H14F3NO2/c10-9(11,12)6-13-5-8(14)7-1-3-15-4-2-7/h7,13H,1-6H2. The van der Waals surface area contributed by atoms with Crippen LogP contribution in [0.5, 0.6) is 0 Å². The van der Waals surface area contributed by atoms with Gasteiger partial charge in [-0.05, 0) is 12.8 Å². The Morgan fingerprint density at radius 1 is 1.33 bits per heavy atom. The van der Waals surface area contributed by atoms with Crippen LogP contribution in [0.4, 0.5) is 13.2 Å². The summed E-state index contributed by atoms with van der Waals surface area (Å²) < 4.78 is 40.3. The number of carbonyl (C=O) groups excluding carboxylic acids is 1. The minimum Gasteiger partial charge on any atom is -0.381 e. The third-order valence-electron chi connectivity index (χ3n) is 2.30. The summed E-state index contributed by atoms with van der Waals surface area (Å²) in [5.41, 5.74) is 0. The molecule has 1 N–H and O–H groups in total. The van der Waals surface area contributed by atoms with Crippen molar-refractivity contribution in [1.29, 1.82) is 0 Å². The normalized spacial score (nSPS) is 19.1. The number of rotatable bonds is 4. The first kappa shape index (κ1) is 12.4. The van der Waals surface area contributed by atoms with E-state index in [0.717, 1.165) is 0 Å². The highest BCUT2D eigenvalue weighted by atomic mass is 19.4. The van der Waals surface area contributed by atoms with Gasteiger partial charge >= 0.3 is 6.18 Å². The van der Waals surface area contributed by atoms with E-state index in [9.17, 15) is 18.0 Å². The summed E-state index contributed by atoms with van der Waals surface area (Å²) in [6.07, 6.45) is -3.02. The number of hydrogen-bond donors (Lipinski definition) is 1. The number of carbonyl (C=O) groups is 1. The van der Waals surface area contributed by atoms with Crippen LogP contribution in [-0.2, 0) is 9.53 Å². The summed E-state index contributed by atoms with van der Waals surface area (Å²) in [5, 5.41) is 2.11. The van der Waals surface area contributed by atoms with E-state index < -0.39 is 12.7 Å². The molecular formula is C9H14F3NO2. The molecule has 0 unspecified atom stereocenters. The van der Waals surface area contributed by atoms with Crippen molar-refractivity contribution in [3.8, 4) is 0 Å². The van der Waals surface area contributed by atoms with Crippen molar-refractivity contribution >= 4 is 5.78 Å². The van der Waals surface area contributed by atoms with E-state index in [4.69, 9.17) is 4.74 Å². The van der Waals surface area contributed by atoms with E-state index in [2.05, 4.69) is 5.32 Å². The maximum Gasteiger partial charge on any atom is 0.401 e. The third kappa shape index (κ3) is 5.13. The van der Waals surface area contributed by atoms with Crippen LogP contribution in [0.2, 0.25) is 0 Å². The highest BCUT2D eigenvalue weighted by Gasteiger charge is 2.27. The van der Waals surface area contributed by atoms with Crippen molar-refractivity contribution in [2.45, 2.75) is 19.0 Å². The van der Waals surface area contributed by atoms with Crippen molar-refractivity contribution < 1.29 is 22.7 Å². The van der Waals surface area contributed by atoms with Gasteiger partial charge in [-0.1, -0.05) is 0 Å². The maximum atomic E-state index is 11.8. The zero-order valence-electron chi connectivity index (χ0n) is 8.27. The number of alkyl halides is 3. The minimum atomic E-state index is -4.25. The zero-order chi connectivity index (χ0) is 11.3. The first-order valence-corrected chi connectivity index (χ1v) is 4.87. The number of halogens is 3. The number of ketones is 1. The Labute approximate surface area is 86.0 Å². The molecule has 1 fully saturated rings. The molecule has 6 heteroatoms. The van der Waals surface area contributed by atoms with Crippen LogP contribution in [0.15, 0.2) is 0 Å². The van der Waals surface area contributed by atoms with Gasteiger partial charge in [-0.15, -0.1) is 0 Å². The summed E-state index contributed by atoms with van der Waals surface area (Å²) in [5.74, 6) is -0.290. The van der Waals surface area contributed by atoms with Gasteiger partial charge in [-0.3, -0.25) is 4.79 Å². The van der Waals surface area contributed by atoms with E-state index in [0.29, 0.717) is 26.1 Å². The van der Waals surface area contributed by atoms with Crippen LogP contribution in [0.3, 0.4) is 0 Å². The van der Waals surface area contributed by atoms with Crippen LogP contribution in [0.1, 0.15) is 12.8 Å². The van der Waals surface area contributed by atoms with E-state index >= 15 is 0 Å². The molecule has 0 aliphatic carbocycles. The Kier molecular flexibility index (Phi) is 4.53. The smallest absolute Gasteiger partial charge is 0.381 e. The SMILES string of the molecule is O=C(CNCC(F)(F)F)C1CCOCC1. The Balaban J connectivity index is 2.17. The molecule has 15 heavy (non-hydrogen) atoms. The largest absolute Gasteiger partial charge is 0.401 e. The number of Topliss-reactive ketones (excluding diaryl/α,β-unsaturated/α-hetero) is 1. The van der Waals surface area contributed by atoms with Crippen LogP contribution in [0.25, 0.3) is 0 Å². The lowest BCUT2D eigenvalue weighted by atomic mass is 9.95. The summed E-state index contributed by atoms with van der Waals surface area (Å²) in [6.45, 7) is -0.266. The lowest BCUT2D eigenvalue weighted by Gasteiger charge is -2.21. The van der Waals surface area contributed by atoms with Gasteiger partial charge in [0.1, 0.15) is 5.78 Å². The first-order chi connectivity index (χ1) is 6.99. The molecular weight excluding hydrogens is 211 g/mol. The summed E-state index contributed by atoms with van der Waals surface area (Å²) in [6, 6.07) is 0. The van der Waals surface area contributed by atoms with Gasteiger partial charge in [0.15, 0.2) is 0 Å². The van der Waals surface area contributed by atoms with Crippen LogP contribution >= 0.6 is 0 Å². The molecule has 0 saturated carbocycles. The second-order valence-electron chi connectivity index (χ2n) is 3.57. The molecule has 0 bridgehead atoms.